The summed E-state index contributed by atoms with van der Waals surface area (Å²) in [7, 11) is 0. The van der Waals surface area contributed by atoms with Crippen LogP contribution in [0.5, 0.6) is 0 Å². The van der Waals surface area contributed by atoms with Crippen molar-refractivity contribution in [2.45, 2.75) is 25.7 Å². The third-order valence-corrected chi connectivity index (χ3v) is 4.59. The summed E-state index contributed by atoms with van der Waals surface area (Å²) in [4.78, 5) is 14.5. The maximum Gasteiger partial charge on any atom is 0.307 e. The van der Waals surface area contributed by atoms with Crippen molar-refractivity contribution >= 4 is 28.5 Å². The molecule has 4 N–H and O–H groups in total. The number of aromatic amines is 1. The summed E-state index contributed by atoms with van der Waals surface area (Å²) in [6.07, 6.45) is 2.88. The van der Waals surface area contributed by atoms with Gasteiger partial charge in [-0.15, -0.1) is 0 Å². The van der Waals surface area contributed by atoms with E-state index in [-0.39, 0.29) is 6.42 Å². The Morgan fingerprint density at radius 1 is 1.12 bits per heavy atom. The number of aromatic nitrogens is 1. The van der Waals surface area contributed by atoms with Crippen LogP contribution in [0, 0.1) is 0 Å². The number of rotatable bonds is 7. The molecule has 0 aliphatic rings. The van der Waals surface area contributed by atoms with E-state index in [4.69, 9.17) is 22.4 Å². The standard InChI is InChI=1S/C20H21ClN2O2/c21-15-7-5-14(6-8-15)20-16(3-1-2-10-22)17-11-13(12-19(24)25)4-9-18(17)23-20/h4-9,11,23H,1-3,10,12,22H2,(H,24,25). The number of H-pyrrole nitrogens is 1. The van der Waals surface area contributed by atoms with Gasteiger partial charge < -0.3 is 15.8 Å². The van der Waals surface area contributed by atoms with Crippen LogP contribution >= 0.6 is 11.6 Å². The minimum absolute atomic E-state index is 0.0274. The number of halogens is 1. The van der Waals surface area contributed by atoms with Crippen LogP contribution in [0.15, 0.2) is 42.5 Å². The number of hydrogen-bond donors (Lipinski definition) is 3. The number of carboxylic acids is 1. The molecule has 0 atom stereocenters. The molecule has 3 rings (SSSR count). The lowest BCUT2D eigenvalue weighted by Crippen LogP contribution is -2.00. The highest BCUT2D eigenvalue weighted by Gasteiger charge is 2.14. The highest BCUT2D eigenvalue weighted by Crippen LogP contribution is 2.33. The molecule has 25 heavy (non-hydrogen) atoms. The monoisotopic (exact) mass is 356 g/mol. The summed E-state index contributed by atoms with van der Waals surface area (Å²) in [5, 5.41) is 10.8. The number of carboxylic acid groups (broad SMARTS) is 1. The van der Waals surface area contributed by atoms with Gasteiger partial charge in [0.05, 0.1) is 6.42 Å². The Labute approximate surface area is 151 Å². The third kappa shape index (κ3) is 4.03. The number of carbonyl (C=O) groups is 1. The predicted octanol–water partition coefficient (Wildman–Crippen LogP) is 4.40. The molecule has 0 spiro atoms. The number of aryl methyl sites for hydroxylation is 1. The van der Waals surface area contributed by atoms with E-state index in [2.05, 4.69) is 4.98 Å². The van der Waals surface area contributed by atoms with Crippen LogP contribution < -0.4 is 5.73 Å². The summed E-state index contributed by atoms with van der Waals surface area (Å²) in [5.41, 5.74) is 10.8. The third-order valence-electron chi connectivity index (χ3n) is 4.34. The molecular weight excluding hydrogens is 336 g/mol. The number of nitrogens with one attached hydrogen (secondary N) is 1. The van der Waals surface area contributed by atoms with Gasteiger partial charge in [-0.25, -0.2) is 0 Å². The lowest BCUT2D eigenvalue weighted by molar-refractivity contribution is -0.136. The van der Waals surface area contributed by atoms with Crippen molar-refractivity contribution in [1.29, 1.82) is 0 Å². The van der Waals surface area contributed by atoms with Gasteiger partial charge in [-0.3, -0.25) is 4.79 Å². The number of benzene rings is 2. The maximum atomic E-state index is 11.0. The number of fused-ring (bicyclic) bond motifs is 1. The number of nitrogens with two attached hydrogens (primary N) is 1. The van der Waals surface area contributed by atoms with Gasteiger partial charge >= 0.3 is 5.97 Å². The molecule has 0 aliphatic carbocycles. The molecule has 0 fully saturated rings. The molecule has 3 aromatic rings. The molecule has 2 aromatic carbocycles. The lowest BCUT2D eigenvalue weighted by atomic mass is 9.99. The molecule has 0 radical (unpaired) electrons. The molecular formula is C20H21ClN2O2. The Balaban J connectivity index is 2.08. The maximum absolute atomic E-state index is 11.0. The van der Waals surface area contributed by atoms with Gasteiger partial charge in [0.1, 0.15) is 0 Å². The van der Waals surface area contributed by atoms with E-state index in [1.807, 2.05) is 42.5 Å². The molecule has 0 unspecified atom stereocenters. The van der Waals surface area contributed by atoms with Gasteiger partial charge in [0.15, 0.2) is 0 Å². The minimum atomic E-state index is -0.822. The molecule has 0 saturated heterocycles. The Morgan fingerprint density at radius 3 is 2.56 bits per heavy atom. The lowest BCUT2D eigenvalue weighted by Gasteiger charge is -2.06. The van der Waals surface area contributed by atoms with Gasteiger partial charge in [-0.2, -0.15) is 0 Å². The largest absolute Gasteiger partial charge is 0.481 e. The molecule has 0 amide bonds. The minimum Gasteiger partial charge on any atom is -0.481 e. The van der Waals surface area contributed by atoms with Crippen LogP contribution in [-0.2, 0) is 17.6 Å². The molecule has 0 aliphatic heterocycles. The molecule has 130 valence electrons. The van der Waals surface area contributed by atoms with E-state index in [9.17, 15) is 4.79 Å². The Kier molecular flexibility index (Phi) is 5.41. The second kappa shape index (κ2) is 7.72. The number of unbranched alkanes of at least 4 members (excludes halogenated alkanes) is 1. The van der Waals surface area contributed by atoms with Crippen LogP contribution in [-0.4, -0.2) is 22.6 Å². The smallest absolute Gasteiger partial charge is 0.307 e. The first-order chi connectivity index (χ1) is 12.1. The van der Waals surface area contributed by atoms with Gasteiger partial charge in [-0.1, -0.05) is 29.8 Å². The zero-order valence-electron chi connectivity index (χ0n) is 13.9. The fourth-order valence-electron chi connectivity index (χ4n) is 3.15. The van der Waals surface area contributed by atoms with E-state index >= 15 is 0 Å². The van der Waals surface area contributed by atoms with Crippen LogP contribution in [0.1, 0.15) is 24.0 Å². The van der Waals surface area contributed by atoms with Crippen LogP contribution in [0.4, 0.5) is 0 Å². The Morgan fingerprint density at radius 2 is 1.88 bits per heavy atom. The zero-order chi connectivity index (χ0) is 17.8. The molecule has 0 bridgehead atoms. The average Bonchev–Trinajstić information content (AvgIpc) is 2.93. The first-order valence-corrected chi connectivity index (χ1v) is 8.77. The summed E-state index contributed by atoms with van der Waals surface area (Å²) in [6, 6.07) is 13.6. The highest BCUT2D eigenvalue weighted by atomic mass is 35.5. The van der Waals surface area contributed by atoms with E-state index in [1.54, 1.807) is 0 Å². The van der Waals surface area contributed by atoms with Gasteiger partial charge in [0.25, 0.3) is 0 Å². The first-order valence-electron chi connectivity index (χ1n) is 8.40. The molecule has 1 heterocycles. The topological polar surface area (TPSA) is 79.1 Å². The Hall–Kier alpha value is -2.30. The predicted molar refractivity (Wildman–Crippen MR) is 102 cm³/mol. The van der Waals surface area contributed by atoms with E-state index in [0.717, 1.165) is 47.0 Å². The summed E-state index contributed by atoms with van der Waals surface area (Å²) in [6.45, 7) is 0.670. The van der Waals surface area contributed by atoms with Crippen molar-refractivity contribution in [2.24, 2.45) is 5.73 Å². The number of hydrogen-bond acceptors (Lipinski definition) is 2. The summed E-state index contributed by atoms with van der Waals surface area (Å²) in [5.74, 6) is -0.822. The second-order valence-corrected chi connectivity index (χ2v) is 6.62. The number of aliphatic carboxylic acids is 1. The van der Waals surface area contributed by atoms with E-state index in [0.29, 0.717) is 11.6 Å². The molecule has 5 heteroatoms. The molecule has 4 nitrogen and oxygen atoms in total. The van der Waals surface area contributed by atoms with Crippen LogP contribution in [0.25, 0.3) is 22.2 Å². The van der Waals surface area contributed by atoms with Gasteiger partial charge in [-0.05, 0) is 66.8 Å². The van der Waals surface area contributed by atoms with Crippen molar-refractivity contribution in [1.82, 2.24) is 4.98 Å². The quantitative estimate of drug-likeness (QED) is 0.549. The van der Waals surface area contributed by atoms with E-state index in [1.165, 1.54) is 5.56 Å². The molecule has 0 saturated carbocycles. The van der Waals surface area contributed by atoms with Crippen molar-refractivity contribution in [3.8, 4) is 11.3 Å². The summed E-state index contributed by atoms with van der Waals surface area (Å²) >= 11 is 6.01. The van der Waals surface area contributed by atoms with E-state index < -0.39 is 5.97 Å². The molecule has 1 aromatic heterocycles. The highest BCUT2D eigenvalue weighted by molar-refractivity contribution is 6.30. The van der Waals surface area contributed by atoms with Gasteiger partial charge in [0.2, 0.25) is 0 Å². The van der Waals surface area contributed by atoms with Crippen LogP contribution in [0.2, 0.25) is 5.02 Å². The van der Waals surface area contributed by atoms with Gasteiger partial charge in [0, 0.05) is 21.6 Å². The SMILES string of the molecule is NCCCCc1c(-c2ccc(Cl)cc2)[nH]c2ccc(CC(=O)O)cc12. The van der Waals surface area contributed by atoms with Crippen molar-refractivity contribution in [2.75, 3.05) is 6.54 Å². The van der Waals surface area contributed by atoms with Crippen molar-refractivity contribution in [3.63, 3.8) is 0 Å². The zero-order valence-corrected chi connectivity index (χ0v) is 14.6. The fraction of sp³-hybridized carbons (Fsp3) is 0.250. The van der Waals surface area contributed by atoms with Crippen molar-refractivity contribution in [3.05, 3.63) is 58.6 Å². The normalized spacial score (nSPS) is 11.1. The fourth-order valence-corrected chi connectivity index (χ4v) is 3.27. The van der Waals surface area contributed by atoms with Crippen LogP contribution in [0.3, 0.4) is 0 Å². The average molecular weight is 357 g/mol. The Bertz CT molecular complexity index is 885. The first kappa shape index (κ1) is 17.5. The summed E-state index contributed by atoms with van der Waals surface area (Å²) < 4.78 is 0. The van der Waals surface area contributed by atoms with Crippen molar-refractivity contribution < 1.29 is 9.90 Å². The second-order valence-electron chi connectivity index (χ2n) is 6.18.